The number of fused-ring (bicyclic) bond motifs is 1. The molecule has 1 aliphatic rings. The minimum atomic E-state index is -4.44. The van der Waals surface area contributed by atoms with Crippen molar-refractivity contribution < 1.29 is 22.8 Å². The lowest BCUT2D eigenvalue weighted by atomic mass is 10.0. The van der Waals surface area contributed by atoms with Crippen molar-refractivity contribution in [3.05, 3.63) is 74.5 Å². The van der Waals surface area contributed by atoms with Crippen LogP contribution >= 0.6 is 23.2 Å². The Kier molecular flexibility index (Phi) is 7.46. The number of halogens is 5. The number of alkyl halides is 3. The van der Waals surface area contributed by atoms with E-state index in [4.69, 9.17) is 23.2 Å². The minimum Gasteiger partial charge on any atom is -0.367 e. The first-order valence-corrected chi connectivity index (χ1v) is 11.8. The molecule has 0 bridgehead atoms. The molecule has 0 radical (unpaired) electrons. The van der Waals surface area contributed by atoms with E-state index in [1.807, 2.05) is 0 Å². The lowest BCUT2D eigenvalue weighted by molar-refractivity contribution is -0.136. The fraction of sp³-hybridized carbons (Fsp3) is 0.292. The number of para-hydroxylation sites is 1. The second-order valence-electron chi connectivity index (χ2n) is 8.31. The largest absolute Gasteiger partial charge is 0.390 e. The van der Waals surface area contributed by atoms with Crippen molar-refractivity contribution in [3.63, 3.8) is 0 Å². The van der Waals surface area contributed by atoms with Gasteiger partial charge in [-0.25, -0.2) is 0 Å². The third kappa shape index (κ3) is 5.76. The normalized spacial score (nSPS) is 16.3. The van der Waals surface area contributed by atoms with Crippen LogP contribution in [0, 0.1) is 0 Å². The Morgan fingerprint density at radius 3 is 2.53 bits per heavy atom. The van der Waals surface area contributed by atoms with Crippen LogP contribution in [0.4, 0.5) is 18.9 Å². The average molecular weight is 541 g/mol. The molecule has 0 unspecified atom stereocenters. The molecule has 2 aromatic carbocycles. The van der Waals surface area contributed by atoms with Crippen molar-refractivity contribution in [1.82, 2.24) is 15.2 Å². The van der Waals surface area contributed by atoms with Crippen LogP contribution in [-0.4, -0.2) is 60.1 Å². The first-order chi connectivity index (χ1) is 17.0. The first kappa shape index (κ1) is 25.8. The van der Waals surface area contributed by atoms with Crippen LogP contribution < -0.4 is 15.8 Å². The van der Waals surface area contributed by atoms with Gasteiger partial charge >= 0.3 is 6.18 Å². The van der Waals surface area contributed by atoms with Gasteiger partial charge in [0.05, 0.1) is 22.0 Å². The average Bonchev–Trinajstić information content (AvgIpc) is 2.83. The molecule has 0 aliphatic carbocycles. The maximum atomic E-state index is 13.6. The van der Waals surface area contributed by atoms with Gasteiger partial charge in [0.1, 0.15) is 6.04 Å². The monoisotopic (exact) mass is 540 g/mol. The summed E-state index contributed by atoms with van der Waals surface area (Å²) in [4.78, 5) is 44.6. The van der Waals surface area contributed by atoms with Crippen molar-refractivity contribution in [2.75, 3.05) is 31.1 Å². The van der Waals surface area contributed by atoms with Gasteiger partial charge < -0.3 is 20.1 Å². The Balaban J connectivity index is 1.65. The number of aromatic nitrogens is 1. The fourth-order valence-electron chi connectivity index (χ4n) is 4.15. The van der Waals surface area contributed by atoms with Crippen molar-refractivity contribution in [3.8, 4) is 0 Å². The zero-order valence-corrected chi connectivity index (χ0v) is 20.3. The molecule has 2 heterocycles. The molecule has 0 saturated carbocycles. The molecule has 1 aliphatic heterocycles. The highest BCUT2D eigenvalue weighted by atomic mass is 35.5. The van der Waals surface area contributed by atoms with E-state index in [9.17, 15) is 27.6 Å². The van der Waals surface area contributed by atoms with Crippen LogP contribution in [0.5, 0.6) is 0 Å². The molecule has 2 amide bonds. The Bertz CT molecular complexity index is 1360. The van der Waals surface area contributed by atoms with E-state index in [1.54, 1.807) is 47.4 Å². The summed E-state index contributed by atoms with van der Waals surface area (Å²) in [5.41, 5.74) is 0.711. The van der Waals surface area contributed by atoms with Crippen LogP contribution in [0.1, 0.15) is 16.8 Å². The number of piperazine rings is 1. The number of benzene rings is 2. The lowest BCUT2D eigenvalue weighted by Crippen LogP contribution is -2.61. The van der Waals surface area contributed by atoms with Gasteiger partial charge in [0.2, 0.25) is 11.5 Å². The molecule has 7 nitrogen and oxygen atoms in total. The van der Waals surface area contributed by atoms with Gasteiger partial charge in [0, 0.05) is 48.8 Å². The number of carbonyl (C=O) groups is 2. The Labute approximate surface area is 213 Å². The van der Waals surface area contributed by atoms with Crippen molar-refractivity contribution in [2.24, 2.45) is 0 Å². The highest BCUT2D eigenvalue weighted by Gasteiger charge is 2.37. The molecule has 1 aromatic heterocycles. The SMILES string of the molecule is O=C(NCCC(F)(F)F)[C@H]1CN(c2ccc(Cl)c(Cl)c2)CCN1C(=O)c1cc(=O)[nH]c2ccccc12. The number of rotatable bonds is 5. The highest BCUT2D eigenvalue weighted by molar-refractivity contribution is 6.42. The predicted molar refractivity (Wildman–Crippen MR) is 132 cm³/mol. The highest BCUT2D eigenvalue weighted by Crippen LogP contribution is 2.29. The van der Waals surface area contributed by atoms with Crippen LogP contribution in [-0.2, 0) is 4.79 Å². The molecule has 12 heteroatoms. The third-order valence-corrected chi connectivity index (χ3v) is 6.64. The molecule has 1 fully saturated rings. The summed E-state index contributed by atoms with van der Waals surface area (Å²) in [6, 6.07) is 11.7. The Hall–Kier alpha value is -3.24. The number of hydrogen-bond acceptors (Lipinski definition) is 4. The Morgan fingerprint density at radius 1 is 1.06 bits per heavy atom. The molecule has 1 saturated heterocycles. The number of aromatic amines is 1. The van der Waals surface area contributed by atoms with E-state index in [2.05, 4.69) is 10.3 Å². The van der Waals surface area contributed by atoms with Crippen LogP contribution in [0.15, 0.2) is 53.3 Å². The number of nitrogens with one attached hydrogen (secondary N) is 2. The van der Waals surface area contributed by atoms with E-state index >= 15 is 0 Å². The standard InChI is InChI=1S/C24H21Cl2F3N4O3/c25-17-6-5-14(11-18(17)26)32-9-10-33(20(13-32)22(35)30-8-7-24(27,28)29)23(36)16-12-21(34)31-19-4-2-1-3-15(16)19/h1-6,11-12,20H,7-10,13H2,(H,30,35)(H,31,34)/t20-/m1/s1. The summed E-state index contributed by atoms with van der Waals surface area (Å²) < 4.78 is 37.9. The van der Waals surface area contributed by atoms with E-state index in [0.29, 0.717) is 33.2 Å². The Morgan fingerprint density at radius 2 is 1.81 bits per heavy atom. The molecule has 1 atom stereocenters. The second kappa shape index (κ2) is 10.4. The molecule has 190 valence electrons. The quantitative estimate of drug-likeness (QED) is 0.507. The third-order valence-electron chi connectivity index (χ3n) is 5.90. The summed E-state index contributed by atoms with van der Waals surface area (Å²) in [5.74, 6) is -1.30. The summed E-state index contributed by atoms with van der Waals surface area (Å²) in [7, 11) is 0. The number of anilines is 1. The molecule has 36 heavy (non-hydrogen) atoms. The summed E-state index contributed by atoms with van der Waals surface area (Å²) in [6.45, 7) is -0.223. The smallest absolute Gasteiger partial charge is 0.367 e. The molecule has 2 N–H and O–H groups in total. The van der Waals surface area contributed by atoms with Gasteiger partial charge in [-0.1, -0.05) is 41.4 Å². The lowest BCUT2D eigenvalue weighted by Gasteiger charge is -2.41. The molecular weight excluding hydrogens is 520 g/mol. The molecule has 0 spiro atoms. The second-order valence-corrected chi connectivity index (χ2v) is 9.12. The number of hydrogen-bond donors (Lipinski definition) is 2. The van der Waals surface area contributed by atoms with E-state index in [-0.39, 0.29) is 18.7 Å². The molecular formula is C24H21Cl2F3N4O3. The van der Waals surface area contributed by atoms with Crippen molar-refractivity contribution >= 4 is 51.6 Å². The fourth-order valence-corrected chi connectivity index (χ4v) is 4.44. The summed E-state index contributed by atoms with van der Waals surface area (Å²) >= 11 is 12.1. The number of nitrogens with zero attached hydrogens (tertiary/aromatic N) is 2. The first-order valence-electron chi connectivity index (χ1n) is 11.0. The number of amides is 2. The topological polar surface area (TPSA) is 85.5 Å². The van der Waals surface area contributed by atoms with Gasteiger partial charge in [-0.3, -0.25) is 14.4 Å². The van der Waals surface area contributed by atoms with E-state index in [0.717, 1.165) is 6.07 Å². The zero-order valence-electron chi connectivity index (χ0n) is 18.7. The van der Waals surface area contributed by atoms with E-state index in [1.165, 1.54) is 4.90 Å². The van der Waals surface area contributed by atoms with Gasteiger partial charge in [-0.05, 0) is 24.3 Å². The number of pyridine rings is 1. The van der Waals surface area contributed by atoms with Crippen molar-refractivity contribution in [2.45, 2.75) is 18.6 Å². The van der Waals surface area contributed by atoms with Crippen molar-refractivity contribution in [1.29, 1.82) is 0 Å². The summed E-state index contributed by atoms with van der Waals surface area (Å²) in [6.07, 6.45) is -5.64. The predicted octanol–water partition coefficient (Wildman–Crippen LogP) is 4.23. The number of carbonyl (C=O) groups excluding carboxylic acids is 2. The van der Waals surface area contributed by atoms with Crippen LogP contribution in [0.2, 0.25) is 10.0 Å². The zero-order chi connectivity index (χ0) is 26.0. The van der Waals surface area contributed by atoms with E-state index < -0.39 is 42.6 Å². The number of H-pyrrole nitrogens is 1. The maximum absolute atomic E-state index is 13.6. The van der Waals surface area contributed by atoms with Gasteiger partial charge in [0.25, 0.3) is 5.91 Å². The molecule has 4 rings (SSSR count). The minimum absolute atomic E-state index is 0.00265. The molecule has 3 aromatic rings. The van der Waals surface area contributed by atoms with Crippen LogP contribution in [0.25, 0.3) is 10.9 Å². The van der Waals surface area contributed by atoms with Gasteiger partial charge in [0.15, 0.2) is 0 Å². The van der Waals surface area contributed by atoms with Crippen LogP contribution in [0.3, 0.4) is 0 Å². The maximum Gasteiger partial charge on any atom is 0.390 e. The van der Waals surface area contributed by atoms with Gasteiger partial charge in [-0.15, -0.1) is 0 Å². The van der Waals surface area contributed by atoms with Gasteiger partial charge in [-0.2, -0.15) is 13.2 Å². The summed E-state index contributed by atoms with van der Waals surface area (Å²) in [5, 5.41) is 3.43.